The van der Waals surface area contributed by atoms with E-state index in [0.29, 0.717) is 12.5 Å². The van der Waals surface area contributed by atoms with Crippen molar-refractivity contribution in [3.63, 3.8) is 0 Å². The molecule has 5 heteroatoms. The molecule has 1 amide bonds. The highest BCUT2D eigenvalue weighted by atomic mass is 16.5. The topological polar surface area (TPSA) is 57.4 Å². The monoisotopic (exact) mass is 465 g/mol. The van der Waals surface area contributed by atoms with Crippen molar-refractivity contribution in [1.82, 2.24) is 10.3 Å². The predicted octanol–water partition coefficient (Wildman–Crippen LogP) is 5.47. The fourth-order valence-corrected chi connectivity index (χ4v) is 6.42. The van der Waals surface area contributed by atoms with Crippen LogP contribution in [-0.4, -0.2) is 43.7 Å². The first-order valence-corrected chi connectivity index (χ1v) is 12.8. The lowest BCUT2D eigenvalue weighted by Gasteiger charge is -2.47. The second-order valence-corrected chi connectivity index (χ2v) is 11.7. The molecule has 1 aliphatic heterocycles. The maximum Gasteiger partial charge on any atom is 0.243 e. The molecule has 5 nitrogen and oxygen atoms in total. The highest BCUT2D eigenvalue weighted by molar-refractivity contribution is 6.01. The van der Waals surface area contributed by atoms with E-state index in [0.717, 1.165) is 24.9 Å². The zero-order valence-electron chi connectivity index (χ0n) is 22.3. The fourth-order valence-electron chi connectivity index (χ4n) is 6.42. The number of hydrogen-bond donors (Lipinski definition) is 2. The molecule has 0 bridgehead atoms. The SMILES string of the molecule is C=C[C@@]1(C)CC[C@@](C)(C(C)C)c2cc3c4c(c[nH]c4c21)C[C@@H](COC)NC(=O)[C@H](C(C)C)N3C. The van der Waals surface area contributed by atoms with Gasteiger partial charge in [0, 0.05) is 36.8 Å². The minimum absolute atomic E-state index is 0.0568. The van der Waals surface area contributed by atoms with Crippen LogP contribution in [0.4, 0.5) is 5.69 Å². The summed E-state index contributed by atoms with van der Waals surface area (Å²) in [5, 5.41) is 4.53. The number of allylic oxidation sites excluding steroid dienone is 1. The zero-order chi connectivity index (χ0) is 25.0. The normalized spacial score (nSPS) is 29.6. The van der Waals surface area contributed by atoms with E-state index in [1.165, 1.54) is 27.6 Å². The predicted molar refractivity (Wildman–Crippen MR) is 142 cm³/mol. The van der Waals surface area contributed by atoms with E-state index in [-0.39, 0.29) is 34.7 Å². The molecular weight excluding hydrogens is 422 g/mol. The standard InChI is InChI=1S/C29H43N3O2/c1-10-28(6)11-12-29(7,18(4)5)21-14-22-23-19(15-30-25(23)24(21)28)13-20(16-34-9)31-27(33)26(17(2)3)32(22)8/h10,14-15,17-18,20,26,30H,1,11-13,16H2,2-9H3,(H,31,33)/t20-,26-,28-,29-/m0/s1. The van der Waals surface area contributed by atoms with Gasteiger partial charge in [0.05, 0.1) is 18.2 Å². The second-order valence-electron chi connectivity index (χ2n) is 11.7. The summed E-state index contributed by atoms with van der Waals surface area (Å²) >= 11 is 0. The summed E-state index contributed by atoms with van der Waals surface area (Å²) in [6, 6.07) is 2.08. The molecule has 2 N–H and O–H groups in total. The van der Waals surface area contributed by atoms with Crippen molar-refractivity contribution in [2.24, 2.45) is 11.8 Å². The molecule has 4 atom stereocenters. The lowest BCUT2D eigenvalue weighted by molar-refractivity contribution is -0.124. The van der Waals surface area contributed by atoms with Crippen molar-refractivity contribution >= 4 is 22.5 Å². The molecule has 1 aromatic heterocycles. The van der Waals surface area contributed by atoms with Gasteiger partial charge in [-0.05, 0) is 59.3 Å². The third kappa shape index (κ3) is 3.67. The number of anilines is 1. The van der Waals surface area contributed by atoms with Crippen LogP contribution in [0.3, 0.4) is 0 Å². The van der Waals surface area contributed by atoms with Crippen LogP contribution in [0.2, 0.25) is 0 Å². The van der Waals surface area contributed by atoms with Crippen molar-refractivity contribution in [2.75, 3.05) is 25.7 Å². The highest BCUT2D eigenvalue weighted by Gasteiger charge is 2.45. The van der Waals surface area contributed by atoms with E-state index >= 15 is 0 Å². The van der Waals surface area contributed by atoms with Gasteiger partial charge in [-0.2, -0.15) is 0 Å². The van der Waals surface area contributed by atoms with Crippen LogP contribution in [-0.2, 0) is 26.8 Å². The van der Waals surface area contributed by atoms with E-state index in [1.54, 1.807) is 7.11 Å². The Morgan fingerprint density at radius 2 is 1.97 bits per heavy atom. The molecule has 2 aromatic rings. The van der Waals surface area contributed by atoms with Crippen LogP contribution < -0.4 is 10.2 Å². The zero-order valence-corrected chi connectivity index (χ0v) is 22.3. The summed E-state index contributed by atoms with van der Waals surface area (Å²) in [5.41, 5.74) is 6.32. The van der Waals surface area contributed by atoms with Crippen molar-refractivity contribution in [3.8, 4) is 0 Å². The van der Waals surface area contributed by atoms with Gasteiger partial charge in [0.25, 0.3) is 0 Å². The number of amides is 1. The Morgan fingerprint density at radius 1 is 1.26 bits per heavy atom. The van der Waals surface area contributed by atoms with Gasteiger partial charge < -0.3 is 19.9 Å². The lowest BCUT2D eigenvalue weighted by Crippen LogP contribution is -2.52. The third-order valence-corrected chi connectivity index (χ3v) is 8.97. The molecule has 0 unspecified atom stereocenters. The summed E-state index contributed by atoms with van der Waals surface area (Å²) in [5.74, 6) is 0.730. The first-order valence-electron chi connectivity index (χ1n) is 12.8. The van der Waals surface area contributed by atoms with E-state index in [2.05, 4.69) is 88.7 Å². The number of methoxy groups -OCH3 is 1. The van der Waals surface area contributed by atoms with Crippen LogP contribution >= 0.6 is 0 Å². The molecule has 34 heavy (non-hydrogen) atoms. The van der Waals surface area contributed by atoms with E-state index in [1.807, 2.05) is 0 Å². The number of aromatic amines is 1. The van der Waals surface area contributed by atoms with E-state index in [4.69, 9.17) is 4.74 Å². The maximum absolute atomic E-state index is 13.5. The van der Waals surface area contributed by atoms with Crippen molar-refractivity contribution < 1.29 is 9.53 Å². The van der Waals surface area contributed by atoms with E-state index < -0.39 is 0 Å². The van der Waals surface area contributed by atoms with Gasteiger partial charge in [-0.3, -0.25) is 4.79 Å². The first-order chi connectivity index (χ1) is 16.0. The smallest absolute Gasteiger partial charge is 0.243 e. The van der Waals surface area contributed by atoms with Crippen molar-refractivity contribution in [2.45, 2.75) is 83.7 Å². The number of nitrogens with zero attached hydrogens (tertiary/aromatic N) is 1. The van der Waals surface area contributed by atoms with E-state index in [9.17, 15) is 4.79 Å². The summed E-state index contributed by atoms with van der Waals surface area (Å²) < 4.78 is 5.49. The molecule has 2 aliphatic rings. The Hall–Kier alpha value is -2.27. The molecule has 0 spiro atoms. The van der Waals surface area contributed by atoms with Crippen molar-refractivity contribution in [3.05, 3.63) is 41.6 Å². The molecule has 1 aromatic carbocycles. The number of carbonyl (C=O) groups is 1. The number of ether oxygens (including phenoxy) is 1. The number of benzene rings is 1. The highest BCUT2D eigenvalue weighted by Crippen LogP contribution is 2.54. The average Bonchev–Trinajstić information content (AvgIpc) is 3.19. The number of nitrogens with one attached hydrogen (secondary N) is 2. The van der Waals surface area contributed by atoms with Crippen LogP contribution in [0.5, 0.6) is 0 Å². The van der Waals surface area contributed by atoms with Gasteiger partial charge in [-0.1, -0.05) is 47.6 Å². The van der Waals surface area contributed by atoms with Crippen LogP contribution in [0, 0.1) is 11.8 Å². The molecule has 2 heterocycles. The summed E-state index contributed by atoms with van der Waals surface area (Å²) in [6.45, 7) is 18.4. The van der Waals surface area contributed by atoms with Gasteiger partial charge >= 0.3 is 0 Å². The first kappa shape index (κ1) is 24.8. The Labute approximate surface area is 205 Å². The number of carbonyl (C=O) groups excluding carboxylic acids is 1. The number of hydrogen-bond acceptors (Lipinski definition) is 3. The van der Waals surface area contributed by atoms with Gasteiger partial charge in [0.1, 0.15) is 6.04 Å². The average molecular weight is 466 g/mol. The molecule has 1 aliphatic carbocycles. The number of H-pyrrole nitrogens is 1. The Morgan fingerprint density at radius 3 is 2.56 bits per heavy atom. The van der Waals surface area contributed by atoms with Crippen LogP contribution in [0.15, 0.2) is 24.9 Å². The fraction of sp³-hybridized carbons (Fsp3) is 0.621. The quantitative estimate of drug-likeness (QED) is 0.576. The molecule has 4 rings (SSSR count). The van der Waals surface area contributed by atoms with Crippen molar-refractivity contribution in [1.29, 1.82) is 0 Å². The molecule has 0 radical (unpaired) electrons. The third-order valence-electron chi connectivity index (χ3n) is 8.97. The molecular formula is C29H43N3O2. The maximum atomic E-state index is 13.5. The summed E-state index contributed by atoms with van der Waals surface area (Å²) in [7, 11) is 3.78. The minimum atomic E-state index is -0.263. The van der Waals surface area contributed by atoms with Gasteiger partial charge in [0.2, 0.25) is 5.91 Å². The van der Waals surface area contributed by atoms with Gasteiger partial charge in [0.15, 0.2) is 0 Å². The number of aromatic nitrogens is 1. The molecule has 0 saturated carbocycles. The number of likely N-dealkylation sites (N-methyl/N-ethyl adjacent to an activating group) is 1. The second kappa shape index (κ2) is 8.75. The molecule has 0 saturated heterocycles. The van der Waals surface area contributed by atoms with Gasteiger partial charge in [-0.25, -0.2) is 0 Å². The Balaban J connectivity index is 2.09. The summed E-state index contributed by atoms with van der Waals surface area (Å²) in [6.07, 6.45) is 7.22. The van der Waals surface area contributed by atoms with Crippen LogP contribution in [0.1, 0.15) is 71.1 Å². The van der Waals surface area contributed by atoms with Crippen LogP contribution in [0.25, 0.3) is 10.9 Å². The Kier molecular flexibility index (Phi) is 6.39. The minimum Gasteiger partial charge on any atom is -0.383 e. The lowest BCUT2D eigenvalue weighted by atomic mass is 9.57. The van der Waals surface area contributed by atoms with Gasteiger partial charge in [-0.15, -0.1) is 6.58 Å². The number of fused-ring (bicyclic) bond motifs is 2. The molecule has 186 valence electrons. The molecule has 0 fully saturated rings. The summed E-state index contributed by atoms with van der Waals surface area (Å²) in [4.78, 5) is 19.4. The largest absolute Gasteiger partial charge is 0.383 e. The number of rotatable bonds is 5. The Bertz CT molecular complexity index is 1100.